The number of fused-ring (bicyclic) bond motifs is 1. The van der Waals surface area contributed by atoms with Gasteiger partial charge in [0.2, 0.25) is 18.6 Å². The van der Waals surface area contributed by atoms with Gasteiger partial charge in [-0.05, 0) is 26.0 Å². The first-order chi connectivity index (χ1) is 10.4. The molecule has 1 aliphatic heterocycles. The van der Waals surface area contributed by atoms with E-state index in [2.05, 4.69) is 10.6 Å². The first kappa shape index (κ1) is 16.1. The Hall–Kier alpha value is -2.28. The van der Waals surface area contributed by atoms with Crippen LogP contribution in [-0.2, 0) is 14.3 Å². The highest BCUT2D eigenvalue weighted by Crippen LogP contribution is 2.34. The van der Waals surface area contributed by atoms with Crippen LogP contribution in [0.25, 0.3) is 0 Å². The average Bonchev–Trinajstić information content (AvgIpc) is 2.94. The van der Waals surface area contributed by atoms with Gasteiger partial charge in [-0.15, -0.1) is 0 Å². The van der Waals surface area contributed by atoms with Gasteiger partial charge in [-0.25, -0.2) is 0 Å². The van der Waals surface area contributed by atoms with Crippen molar-refractivity contribution in [3.05, 3.63) is 18.2 Å². The molecule has 2 N–H and O–H groups in total. The van der Waals surface area contributed by atoms with Gasteiger partial charge >= 0.3 is 0 Å². The van der Waals surface area contributed by atoms with Crippen molar-refractivity contribution in [2.45, 2.75) is 13.8 Å². The van der Waals surface area contributed by atoms with Gasteiger partial charge in [-0.2, -0.15) is 0 Å². The minimum atomic E-state index is -1.20. The molecule has 1 heterocycles. The molecule has 0 aromatic heterocycles. The Bertz CT molecular complexity index is 571. The van der Waals surface area contributed by atoms with Crippen molar-refractivity contribution in [2.75, 3.05) is 32.4 Å². The molecule has 0 unspecified atom stereocenters. The van der Waals surface area contributed by atoms with Crippen LogP contribution in [0.15, 0.2) is 18.2 Å². The Labute approximate surface area is 128 Å². The fourth-order valence-corrected chi connectivity index (χ4v) is 1.85. The van der Waals surface area contributed by atoms with Crippen LogP contribution in [0.5, 0.6) is 11.5 Å². The Kier molecular flexibility index (Phi) is 4.87. The molecule has 2 amide bonds. The SMILES string of the molecule is COCCNC(=O)C(C)(C)C(=O)Nc1ccc2c(c1)OCO2. The van der Waals surface area contributed by atoms with Crippen molar-refractivity contribution in [2.24, 2.45) is 5.41 Å². The number of hydrogen-bond donors (Lipinski definition) is 2. The molecule has 0 radical (unpaired) electrons. The Morgan fingerprint density at radius 1 is 1.23 bits per heavy atom. The van der Waals surface area contributed by atoms with Gasteiger partial charge in [0.1, 0.15) is 5.41 Å². The first-order valence-electron chi connectivity index (χ1n) is 6.93. The molecule has 0 saturated carbocycles. The van der Waals surface area contributed by atoms with Crippen LogP contribution in [0.3, 0.4) is 0 Å². The molecule has 22 heavy (non-hydrogen) atoms. The quantitative estimate of drug-likeness (QED) is 0.608. The average molecular weight is 308 g/mol. The number of rotatable bonds is 6. The van der Waals surface area contributed by atoms with Gasteiger partial charge in [0.15, 0.2) is 11.5 Å². The topological polar surface area (TPSA) is 85.9 Å². The normalized spacial score (nSPS) is 12.9. The number of nitrogens with one attached hydrogen (secondary N) is 2. The predicted octanol–water partition coefficient (Wildman–Crippen LogP) is 1.14. The predicted molar refractivity (Wildman–Crippen MR) is 79.9 cm³/mol. The van der Waals surface area contributed by atoms with E-state index < -0.39 is 11.3 Å². The number of hydrogen-bond acceptors (Lipinski definition) is 5. The zero-order valence-corrected chi connectivity index (χ0v) is 12.9. The Morgan fingerprint density at radius 3 is 2.68 bits per heavy atom. The van der Waals surface area contributed by atoms with Gasteiger partial charge in [-0.3, -0.25) is 9.59 Å². The molecule has 1 aromatic carbocycles. The standard InChI is InChI=1S/C15H20N2O5/c1-15(2,13(18)16-6-7-20-3)14(19)17-10-4-5-11-12(8-10)22-9-21-11/h4-5,8H,6-7,9H2,1-3H3,(H,16,18)(H,17,19). The lowest BCUT2D eigenvalue weighted by Crippen LogP contribution is -2.45. The highest BCUT2D eigenvalue weighted by Gasteiger charge is 2.36. The highest BCUT2D eigenvalue weighted by molar-refractivity contribution is 6.09. The molecule has 2 rings (SSSR count). The molecule has 7 nitrogen and oxygen atoms in total. The summed E-state index contributed by atoms with van der Waals surface area (Å²) in [7, 11) is 1.55. The molecule has 0 fully saturated rings. The van der Waals surface area contributed by atoms with Crippen LogP contribution in [0.4, 0.5) is 5.69 Å². The minimum absolute atomic E-state index is 0.167. The van der Waals surface area contributed by atoms with Gasteiger partial charge in [0.05, 0.1) is 6.61 Å². The summed E-state index contributed by atoms with van der Waals surface area (Å²) >= 11 is 0. The molecule has 120 valence electrons. The molecule has 0 atom stereocenters. The second-order valence-corrected chi connectivity index (χ2v) is 5.40. The number of ether oxygens (including phenoxy) is 3. The summed E-state index contributed by atoms with van der Waals surface area (Å²) in [6.07, 6.45) is 0. The zero-order valence-electron chi connectivity index (χ0n) is 12.9. The smallest absolute Gasteiger partial charge is 0.239 e. The van der Waals surface area contributed by atoms with Gasteiger partial charge < -0.3 is 24.8 Å². The molecular weight excluding hydrogens is 288 g/mol. The van der Waals surface area contributed by atoms with Crippen molar-refractivity contribution >= 4 is 17.5 Å². The van der Waals surface area contributed by atoms with Crippen LogP contribution in [0.1, 0.15) is 13.8 Å². The maximum atomic E-state index is 12.3. The molecule has 0 aliphatic carbocycles. The summed E-state index contributed by atoms with van der Waals surface area (Å²) in [6, 6.07) is 5.08. The van der Waals surface area contributed by atoms with Gasteiger partial charge in [0.25, 0.3) is 0 Å². The third-order valence-corrected chi connectivity index (χ3v) is 3.36. The minimum Gasteiger partial charge on any atom is -0.454 e. The van der Waals surface area contributed by atoms with Crippen LogP contribution in [-0.4, -0.2) is 38.9 Å². The summed E-state index contributed by atoms with van der Waals surface area (Å²) < 4.78 is 15.3. The number of anilines is 1. The van der Waals surface area contributed by atoms with Crippen LogP contribution in [0, 0.1) is 5.41 Å². The Morgan fingerprint density at radius 2 is 1.95 bits per heavy atom. The van der Waals surface area contributed by atoms with E-state index in [0.717, 1.165) is 0 Å². The molecule has 1 aliphatic rings. The van der Waals surface area contributed by atoms with E-state index in [0.29, 0.717) is 30.3 Å². The molecule has 0 spiro atoms. The van der Waals surface area contributed by atoms with Crippen molar-refractivity contribution < 1.29 is 23.8 Å². The van der Waals surface area contributed by atoms with Crippen molar-refractivity contribution in [3.8, 4) is 11.5 Å². The second-order valence-electron chi connectivity index (χ2n) is 5.40. The van der Waals surface area contributed by atoms with Crippen molar-refractivity contribution in [1.82, 2.24) is 5.32 Å². The number of amides is 2. The second kappa shape index (κ2) is 6.65. The lowest BCUT2D eigenvalue weighted by atomic mass is 9.91. The third kappa shape index (κ3) is 3.48. The summed E-state index contributed by atoms with van der Waals surface area (Å²) in [4.78, 5) is 24.4. The molecule has 7 heteroatoms. The zero-order chi connectivity index (χ0) is 16.2. The third-order valence-electron chi connectivity index (χ3n) is 3.36. The molecular formula is C15H20N2O5. The maximum absolute atomic E-state index is 12.3. The number of carbonyl (C=O) groups excluding carboxylic acids is 2. The summed E-state index contributed by atoms with van der Waals surface area (Å²) in [5.74, 6) is 0.443. The fourth-order valence-electron chi connectivity index (χ4n) is 1.85. The van der Waals surface area contributed by atoms with Crippen LogP contribution in [0.2, 0.25) is 0 Å². The first-order valence-corrected chi connectivity index (χ1v) is 6.93. The van der Waals surface area contributed by atoms with E-state index in [4.69, 9.17) is 14.2 Å². The highest BCUT2D eigenvalue weighted by atomic mass is 16.7. The van der Waals surface area contributed by atoms with Crippen LogP contribution < -0.4 is 20.1 Å². The van der Waals surface area contributed by atoms with Crippen molar-refractivity contribution in [1.29, 1.82) is 0 Å². The maximum Gasteiger partial charge on any atom is 0.239 e. The van der Waals surface area contributed by atoms with Gasteiger partial charge in [-0.1, -0.05) is 0 Å². The van der Waals surface area contributed by atoms with E-state index >= 15 is 0 Å². The number of benzene rings is 1. The van der Waals surface area contributed by atoms with E-state index in [9.17, 15) is 9.59 Å². The summed E-state index contributed by atoms with van der Waals surface area (Å²) in [5, 5.41) is 5.38. The number of methoxy groups -OCH3 is 1. The van der Waals surface area contributed by atoms with E-state index in [1.54, 1.807) is 39.2 Å². The molecule has 0 saturated heterocycles. The van der Waals surface area contributed by atoms with E-state index in [-0.39, 0.29) is 12.7 Å². The molecule has 1 aromatic rings. The number of carbonyl (C=O) groups is 2. The van der Waals surface area contributed by atoms with E-state index in [1.807, 2.05) is 0 Å². The summed E-state index contributed by atoms with van der Waals surface area (Å²) in [6.45, 7) is 4.05. The van der Waals surface area contributed by atoms with Crippen LogP contribution >= 0.6 is 0 Å². The largest absolute Gasteiger partial charge is 0.454 e. The van der Waals surface area contributed by atoms with Crippen molar-refractivity contribution in [3.63, 3.8) is 0 Å². The van der Waals surface area contributed by atoms with Gasteiger partial charge in [0, 0.05) is 25.4 Å². The molecule has 0 bridgehead atoms. The fraction of sp³-hybridized carbons (Fsp3) is 0.467. The Balaban J connectivity index is 1.99. The lowest BCUT2D eigenvalue weighted by Gasteiger charge is -2.22. The monoisotopic (exact) mass is 308 g/mol. The lowest BCUT2D eigenvalue weighted by molar-refractivity contribution is -0.138. The van der Waals surface area contributed by atoms with E-state index in [1.165, 1.54) is 0 Å². The summed E-state index contributed by atoms with van der Waals surface area (Å²) in [5.41, 5.74) is -0.656.